The third kappa shape index (κ3) is 2.13. The molecule has 1 unspecified atom stereocenters. The summed E-state index contributed by atoms with van der Waals surface area (Å²) < 4.78 is 5.72. The number of nitrogens with zero attached hydrogens (tertiary/aromatic N) is 1. The summed E-state index contributed by atoms with van der Waals surface area (Å²) in [5.74, 6) is 0. The number of nitrogens with one attached hydrogen (secondary N) is 2. The largest absolute Gasteiger partial charge is 0.378 e. The Morgan fingerprint density at radius 3 is 3.10 bits per heavy atom. The van der Waals surface area contributed by atoms with Crippen LogP contribution in [0.4, 0.5) is 0 Å². The molecule has 1 aromatic carbocycles. The maximum Gasteiger partial charge on any atom is 0.0931 e. The highest BCUT2D eigenvalue weighted by Gasteiger charge is 2.48. The van der Waals surface area contributed by atoms with Crippen LogP contribution in [-0.4, -0.2) is 28.7 Å². The number of hydrogen-bond donors (Lipinski definition) is 2. The van der Waals surface area contributed by atoms with Crippen molar-refractivity contribution in [3.05, 3.63) is 30.1 Å². The van der Waals surface area contributed by atoms with Crippen molar-refractivity contribution in [3.8, 4) is 0 Å². The van der Waals surface area contributed by atoms with Gasteiger partial charge in [-0.25, -0.2) is 4.98 Å². The Morgan fingerprint density at radius 2 is 2.30 bits per heavy atom. The number of imidazole rings is 1. The molecular formula is C16H21N3O. The molecule has 4 rings (SSSR count). The van der Waals surface area contributed by atoms with Crippen LogP contribution >= 0.6 is 0 Å². The molecule has 20 heavy (non-hydrogen) atoms. The molecule has 1 atom stereocenters. The summed E-state index contributed by atoms with van der Waals surface area (Å²) in [6.07, 6.45) is 5.98. The molecule has 1 spiro atoms. The van der Waals surface area contributed by atoms with Crippen molar-refractivity contribution in [3.63, 3.8) is 0 Å². The summed E-state index contributed by atoms with van der Waals surface area (Å²) in [5.41, 5.74) is 3.96. The molecule has 1 aromatic heterocycles. The van der Waals surface area contributed by atoms with Crippen LogP contribution in [0.3, 0.4) is 0 Å². The molecule has 2 aliphatic rings. The van der Waals surface area contributed by atoms with Gasteiger partial charge in [-0.1, -0.05) is 6.07 Å². The average molecular weight is 271 g/mol. The third-order valence-electron chi connectivity index (χ3n) is 4.83. The van der Waals surface area contributed by atoms with Gasteiger partial charge in [-0.3, -0.25) is 0 Å². The van der Waals surface area contributed by atoms with E-state index in [1.807, 2.05) is 0 Å². The van der Waals surface area contributed by atoms with Crippen LogP contribution < -0.4 is 5.32 Å². The van der Waals surface area contributed by atoms with Crippen LogP contribution in [0.25, 0.3) is 11.0 Å². The van der Waals surface area contributed by atoms with Gasteiger partial charge in [0.05, 0.1) is 30.1 Å². The zero-order valence-corrected chi connectivity index (χ0v) is 11.9. The molecule has 2 N–H and O–H groups in total. The predicted molar refractivity (Wildman–Crippen MR) is 78.4 cm³/mol. The fraction of sp³-hybridized carbons (Fsp3) is 0.562. The minimum Gasteiger partial charge on any atom is -0.378 e. The molecule has 1 saturated heterocycles. The fourth-order valence-corrected chi connectivity index (χ4v) is 3.82. The number of H-pyrrole nitrogens is 1. The summed E-state index contributed by atoms with van der Waals surface area (Å²) in [7, 11) is 0. The first-order chi connectivity index (χ1) is 9.72. The Labute approximate surface area is 118 Å². The van der Waals surface area contributed by atoms with E-state index >= 15 is 0 Å². The van der Waals surface area contributed by atoms with Gasteiger partial charge < -0.3 is 15.0 Å². The molecule has 2 heterocycles. The van der Waals surface area contributed by atoms with Gasteiger partial charge in [-0.15, -0.1) is 0 Å². The van der Waals surface area contributed by atoms with Gasteiger partial charge in [-0.05, 0) is 49.3 Å². The van der Waals surface area contributed by atoms with Crippen molar-refractivity contribution in [1.82, 2.24) is 15.3 Å². The third-order valence-corrected chi connectivity index (χ3v) is 4.83. The number of hydrogen-bond acceptors (Lipinski definition) is 3. The van der Waals surface area contributed by atoms with Gasteiger partial charge >= 0.3 is 0 Å². The van der Waals surface area contributed by atoms with Crippen LogP contribution in [0.1, 0.15) is 31.7 Å². The number of fused-ring (bicyclic) bond motifs is 1. The Kier molecular flexibility index (Phi) is 2.82. The molecule has 0 amide bonds. The van der Waals surface area contributed by atoms with E-state index < -0.39 is 0 Å². The summed E-state index contributed by atoms with van der Waals surface area (Å²) in [5, 5.41) is 3.67. The lowest BCUT2D eigenvalue weighted by molar-refractivity contribution is 0.0501. The molecule has 0 bridgehead atoms. The highest BCUT2D eigenvalue weighted by Crippen LogP contribution is 2.49. The van der Waals surface area contributed by atoms with Gasteiger partial charge in [0.15, 0.2) is 0 Å². The van der Waals surface area contributed by atoms with E-state index in [1.165, 1.54) is 24.8 Å². The van der Waals surface area contributed by atoms with Crippen LogP contribution in [0.15, 0.2) is 24.5 Å². The predicted octanol–water partition coefficient (Wildman–Crippen LogP) is 2.61. The zero-order chi connectivity index (χ0) is 13.6. The highest BCUT2D eigenvalue weighted by atomic mass is 16.5. The number of aromatic amines is 1. The Bertz CT molecular complexity index is 615. The van der Waals surface area contributed by atoms with E-state index in [-0.39, 0.29) is 0 Å². The molecule has 2 aromatic rings. The fourth-order valence-electron chi connectivity index (χ4n) is 3.82. The van der Waals surface area contributed by atoms with Crippen molar-refractivity contribution in [1.29, 1.82) is 0 Å². The maximum atomic E-state index is 5.72. The summed E-state index contributed by atoms with van der Waals surface area (Å²) in [6.45, 7) is 4.09. The lowest BCUT2D eigenvalue weighted by Crippen LogP contribution is -2.49. The Hall–Kier alpha value is -1.39. The lowest BCUT2D eigenvalue weighted by Gasteiger charge is -2.44. The van der Waals surface area contributed by atoms with E-state index in [0.29, 0.717) is 17.6 Å². The van der Waals surface area contributed by atoms with Crippen LogP contribution in [0.5, 0.6) is 0 Å². The summed E-state index contributed by atoms with van der Waals surface area (Å²) in [6, 6.07) is 7.08. The normalized spacial score (nSPS) is 32.9. The van der Waals surface area contributed by atoms with Crippen LogP contribution in [-0.2, 0) is 11.3 Å². The van der Waals surface area contributed by atoms with Crippen molar-refractivity contribution in [2.24, 2.45) is 5.41 Å². The van der Waals surface area contributed by atoms with Crippen molar-refractivity contribution in [2.75, 3.05) is 6.61 Å². The first kappa shape index (κ1) is 12.4. The second kappa shape index (κ2) is 4.57. The van der Waals surface area contributed by atoms with Crippen molar-refractivity contribution >= 4 is 11.0 Å². The number of rotatable bonds is 3. The standard InChI is InChI=1S/C16H21N3O/c1-11-5-16(9-20-11)6-13(7-16)17-8-12-2-3-14-15(4-12)19-10-18-14/h2-4,10-11,13,17H,5-9H2,1H3,(H,18,19). The highest BCUT2D eigenvalue weighted by molar-refractivity contribution is 5.74. The van der Waals surface area contributed by atoms with Gasteiger partial charge in [0.2, 0.25) is 0 Å². The molecule has 4 heteroatoms. The van der Waals surface area contributed by atoms with E-state index in [2.05, 4.69) is 40.4 Å². The average Bonchev–Trinajstić information content (AvgIpc) is 3.00. The molecular weight excluding hydrogens is 250 g/mol. The van der Waals surface area contributed by atoms with E-state index in [9.17, 15) is 0 Å². The molecule has 1 saturated carbocycles. The number of benzene rings is 1. The SMILES string of the molecule is CC1CC2(CO1)CC(NCc1ccc3nc[nH]c3c1)C2. The van der Waals surface area contributed by atoms with E-state index in [1.54, 1.807) is 6.33 Å². The second-order valence-electron chi connectivity index (χ2n) is 6.57. The molecule has 4 nitrogen and oxygen atoms in total. The monoisotopic (exact) mass is 271 g/mol. The van der Waals surface area contributed by atoms with Gasteiger partial charge in [0, 0.05) is 12.6 Å². The smallest absolute Gasteiger partial charge is 0.0931 e. The minimum absolute atomic E-state index is 0.457. The van der Waals surface area contributed by atoms with Gasteiger partial charge in [0.25, 0.3) is 0 Å². The zero-order valence-electron chi connectivity index (χ0n) is 11.9. The Morgan fingerprint density at radius 1 is 1.40 bits per heavy atom. The maximum absolute atomic E-state index is 5.72. The molecule has 0 radical (unpaired) electrons. The molecule has 2 fully saturated rings. The van der Waals surface area contributed by atoms with Crippen LogP contribution in [0.2, 0.25) is 0 Å². The van der Waals surface area contributed by atoms with E-state index in [0.717, 1.165) is 24.2 Å². The number of ether oxygens (including phenoxy) is 1. The second-order valence-corrected chi connectivity index (χ2v) is 6.57. The minimum atomic E-state index is 0.457. The van der Waals surface area contributed by atoms with E-state index in [4.69, 9.17) is 4.74 Å². The summed E-state index contributed by atoms with van der Waals surface area (Å²) >= 11 is 0. The molecule has 1 aliphatic heterocycles. The van der Waals surface area contributed by atoms with Crippen LogP contribution in [0, 0.1) is 5.41 Å². The summed E-state index contributed by atoms with van der Waals surface area (Å²) in [4.78, 5) is 7.41. The molecule has 106 valence electrons. The molecule has 1 aliphatic carbocycles. The Balaban J connectivity index is 1.33. The first-order valence-electron chi connectivity index (χ1n) is 7.49. The topological polar surface area (TPSA) is 49.9 Å². The number of aromatic nitrogens is 2. The lowest BCUT2D eigenvalue weighted by atomic mass is 9.64. The van der Waals surface area contributed by atoms with Gasteiger partial charge in [-0.2, -0.15) is 0 Å². The first-order valence-corrected chi connectivity index (χ1v) is 7.49. The van der Waals surface area contributed by atoms with Crippen molar-refractivity contribution < 1.29 is 4.74 Å². The van der Waals surface area contributed by atoms with Crippen molar-refractivity contribution in [2.45, 2.75) is 44.9 Å². The van der Waals surface area contributed by atoms with Gasteiger partial charge in [0.1, 0.15) is 0 Å². The quantitative estimate of drug-likeness (QED) is 0.902.